The summed E-state index contributed by atoms with van der Waals surface area (Å²) in [5, 5.41) is 0. The Morgan fingerprint density at radius 3 is 2.47 bits per heavy atom. The number of alkyl halides is 3. The molecule has 84 valence electrons. The maximum absolute atomic E-state index is 13.3. The van der Waals surface area contributed by atoms with E-state index in [0.717, 1.165) is 6.07 Å². The first-order valence-electron chi connectivity index (χ1n) is 4.11. The van der Waals surface area contributed by atoms with Gasteiger partial charge in [0.25, 0.3) is 0 Å². The number of ether oxygens (including phenoxy) is 1. The maximum Gasteiger partial charge on any atom is 0.422 e. The first kappa shape index (κ1) is 11.8. The molecule has 0 fully saturated rings. The van der Waals surface area contributed by atoms with Gasteiger partial charge in [0.2, 0.25) is 0 Å². The van der Waals surface area contributed by atoms with Crippen LogP contribution in [0.25, 0.3) is 0 Å². The van der Waals surface area contributed by atoms with E-state index in [1.165, 1.54) is 12.1 Å². The molecular weight excluding hydrogens is 214 g/mol. The predicted octanol–water partition coefficient (Wildman–Crippen LogP) is 2.23. The van der Waals surface area contributed by atoms with Crippen molar-refractivity contribution in [3.05, 3.63) is 29.6 Å². The fraction of sp³-hybridized carbons (Fsp3) is 0.333. The quantitative estimate of drug-likeness (QED) is 0.797. The second-order valence-electron chi connectivity index (χ2n) is 2.84. The molecule has 0 saturated heterocycles. The molecule has 1 aromatic carbocycles. The first-order valence-corrected chi connectivity index (χ1v) is 4.11. The first-order chi connectivity index (χ1) is 6.94. The Morgan fingerprint density at radius 1 is 1.27 bits per heavy atom. The van der Waals surface area contributed by atoms with Crippen LogP contribution in [-0.2, 0) is 6.54 Å². The van der Waals surface area contributed by atoms with E-state index in [1.807, 2.05) is 0 Å². The summed E-state index contributed by atoms with van der Waals surface area (Å²) >= 11 is 0. The molecule has 2 N–H and O–H groups in total. The summed E-state index contributed by atoms with van der Waals surface area (Å²) in [6, 6.07) is 3.90. The summed E-state index contributed by atoms with van der Waals surface area (Å²) in [5.74, 6) is -1.28. The van der Waals surface area contributed by atoms with Crippen LogP contribution in [0.4, 0.5) is 17.6 Å². The van der Waals surface area contributed by atoms with E-state index in [9.17, 15) is 17.6 Å². The van der Waals surface area contributed by atoms with Crippen LogP contribution >= 0.6 is 0 Å². The van der Waals surface area contributed by atoms with E-state index >= 15 is 0 Å². The van der Waals surface area contributed by atoms with Gasteiger partial charge in [-0.1, -0.05) is 12.1 Å². The maximum atomic E-state index is 13.3. The van der Waals surface area contributed by atoms with Gasteiger partial charge in [-0.15, -0.1) is 0 Å². The lowest BCUT2D eigenvalue weighted by Crippen LogP contribution is -2.20. The van der Waals surface area contributed by atoms with Crippen LogP contribution in [0, 0.1) is 5.82 Å². The van der Waals surface area contributed by atoms with Crippen molar-refractivity contribution in [1.82, 2.24) is 0 Å². The van der Waals surface area contributed by atoms with Gasteiger partial charge >= 0.3 is 6.18 Å². The van der Waals surface area contributed by atoms with Crippen molar-refractivity contribution in [3.63, 3.8) is 0 Å². The number of benzene rings is 1. The van der Waals surface area contributed by atoms with Gasteiger partial charge in [-0.3, -0.25) is 0 Å². The average molecular weight is 223 g/mol. The summed E-state index contributed by atoms with van der Waals surface area (Å²) in [4.78, 5) is 0. The van der Waals surface area contributed by atoms with E-state index in [1.54, 1.807) is 0 Å². The third kappa shape index (κ3) is 3.39. The third-order valence-corrected chi connectivity index (χ3v) is 1.65. The minimum absolute atomic E-state index is 0.0882. The van der Waals surface area contributed by atoms with Crippen molar-refractivity contribution in [2.75, 3.05) is 6.61 Å². The zero-order valence-electron chi connectivity index (χ0n) is 7.64. The largest absolute Gasteiger partial charge is 0.481 e. The second kappa shape index (κ2) is 4.48. The Labute approximate surface area is 83.6 Å². The van der Waals surface area contributed by atoms with Gasteiger partial charge in [0, 0.05) is 12.1 Å². The van der Waals surface area contributed by atoms with Crippen LogP contribution in [0.1, 0.15) is 5.56 Å². The fourth-order valence-corrected chi connectivity index (χ4v) is 0.985. The third-order valence-electron chi connectivity index (χ3n) is 1.65. The molecular formula is C9H9F4NO. The molecule has 0 aliphatic carbocycles. The van der Waals surface area contributed by atoms with Gasteiger partial charge in [0.1, 0.15) is 0 Å². The van der Waals surface area contributed by atoms with E-state index in [-0.39, 0.29) is 12.1 Å². The predicted molar refractivity (Wildman–Crippen MR) is 45.8 cm³/mol. The summed E-state index contributed by atoms with van der Waals surface area (Å²) in [6.07, 6.45) is -4.48. The highest BCUT2D eigenvalue weighted by atomic mass is 19.4. The highest BCUT2D eigenvalue weighted by molar-refractivity contribution is 5.30. The Hall–Kier alpha value is -1.30. The van der Waals surface area contributed by atoms with Crippen molar-refractivity contribution >= 4 is 0 Å². The number of hydrogen-bond donors (Lipinski definition) is 1. The molecule has 0 unspecified atom stereocenters. The molecule has 0 saturated carbocycles. The van der Waals surface area contributed by atoms with Crippen molar-refractivity contribution < 1.29 is 22.3 Å². The molecule has 0 aromatic heterocycles. The summed E-state index contributed by atoms with van der Waals surface area (Å²) in [7, 11) is 0. The van der Waals surface area contributed by atoms with E-state index in [0.29, 0.717) is 0 Å². The van der Waals surface area contributed by atoms with Gasteiger partial charge in [-0.25, -0.2) is 4.39 Å². The number of nitrogens with two attached hydrogens (primary N) is 1. The SMILES string of the molecule is NCc1cccc(OCC(F)(F)F)c1F. The van der Waals surface area contributed by atoms with Crippen LogP contribution in [0.3, 0.4) is 0 Å². The van der Waals surface area contributed by atoms with Crippen LogP contribution < -0.4 is 10.5 Å². The van der Waals surface area contributed by atoms with E-state index in [2.05, 4.69) is 4.74 Å². The van der Waals surface area contributed by atoms with Gasteiger partial charge in [-0.05, 0) is 6.07 Å². The van der Waals surface area contributed by atoms with Gasteiger partial charge < -0.3 is 10.5 Å². The zero-order valence-corrected chi connectivity index (χ0v) is 7.64. The molecule has 0 spiro atoms. The molecule has 1 rings (SSSR count). The Balaban J connectivity index is 2.78. The summed E-state index contributed by atoms with van der Waals surface area (Å²) in [6.45, 7) is -1.60. The highest BCUT2D eigenvalue weighted by Crippen LogP contribution is 2.23. The minimum atomic E-state index is -4.48. The molecule has 0 radical (unpaired) electrons. The van der Waals surface area contributed by atoms with E-state index < -0.39 is 24.3 Å². The van der Waals surface area contributed by atoms with Gasteiger partial charge in [0.05, 0.1) is 0 Å². The zero-order chi connectivity index (χ0) is 11.5. The standard InChI is InChI=1S/C9H9F4NO/c10-8-6(4-14)2-1-3-7(8)15-5-9(11,12)13/h1-3H,4-5,14H2. The van der Waals surface area contributed by atoms with Crippen molar-refractivity contribution in [1.29, 1.82) is 0 Å². The smallest absolute Gasteiger partial charge is 0.422 e. The van der Waals surface area contributed by atoms with Gasteiger partial charge in [0.15, 0.2) is 18.2 Å². The lowest BCUT2D eigenvalue weighted by Gasteiger charge is -2.11. The summed E-state index contributed by atoms with van der Waals surface area (Å²) < 4.78 is 52.9. The van der Waals surface area contributed by atoms with Crippen LogP contribution in [0.5, 0.6) is 5.75 Å². The minimum Gasteiger partial charge on any atom is -0.481 e. The highest BCUT2D eigenvalue weighted by Gasteiger charge is 2.29. The molecule has 6 heteroatoms. The molecule has 0 bridgehead atoms. The van der Waals surface area contributed by atoms with Crippen molar-refractivity contribution in [2.45, 2.75) is 12.7 Å². The normalized spacial score (nSPS) is 11.5. The monoisotopic (exact) mass is 223 g/mol. The Morgan fingerprint density at radius 2 is 1.93 bits per heavy atom. The molecule has 0 atom stereocenters. The molecule has 0 aliphatic heterocycles. The van der Waals surface area contributed by atoms with Gasteiger partial charge in [-0.2, -0.15) is 13.2 Å². The fourth-order valence-electron chi connectivity index (χ4n) is 0.985. The molecule has 0 aliphatic rings. The van der Waals surface area contributed by atoms with E-state index in [4.69, 9.17) is 5.73 Å². The Kier molecular flexibility index (Phi) is 3.52. The lowest BCUT2D eigenvalue weighted by molar-refractivity contribution is -0.153. The van der Waals surface area contributed by atoms with Crippen molar-refractivity contribution in [3.8, 4) is 5.75 Å². The van der Waals surface area contributed by atoms with Crippen LogP contribution in [0.15, 0.2) is 18.2 Å². The topological polar surface area (TPSA) is 35.2 Å². The molecule has 15 heavy (non-hydrogen) atoms. The molecule has 1 aromatic rings. The second-order valence-corrected chi connectivity index (χ2v) is 2.84. The summed E-state index contributed by atoms with van der Waals surface area (Å²) in [5.41, 5.74) is 5.30. The van der Waals surface area contributed by atoms with Crippen LogP contribution in [-0.4, -0.2) is 12.8 Å². The molecule has 0 amide bonds. The number of hydrogen-bond acceptors (Lipinski definition) is 2. The van der Waals surface area contributed by atoms with Crippen molar-refractivity contribution in [2.24, 2.45) is 5.73 Å². The average Bonchev–Trinajstić information content (AvgIpc) is 2.15. The van der Waals surface area contributed by atoms with Crippen LogP contribution in [0.2, 0.25) is 0 Å². The number of halogens is 4. The lowest BCUT2D eigenvalue weighted by atomic mass is 10.2. The molecule has 0 heterocycles. The number of rotatable bonds is 3. The molecule has 2 nitrogen and oxygen atoms in total. The Bertz CT molecular complexity index is 337.